The monoisotopic (exact) mass is 357 g/mol. The largest absolute Gasteiger partial charge is 0.444 e. The molecule has 3 rings (SSSR count). The number of ether oxygens (including phenoxy) is 1. The Morgan fingerprint density at radius 3 is 2.88 bits per heavy atom. The Hall–Kier alpha value is -2.66. The van der Waals surface area contributed by atoms with Crippen molar-refractivity contribution in [2.24, 2.45) is 0 Å². The van der Waals surface area contributed by atoms with Gasteiger partial charge in [0, 0.05) is 11.4 Å². The third-order valence-electron chi connectivity index (χ3n) is 3.41. The smallest absolute Gasteiger partial charge is 0.413 e. The number of aromatic nitrogens is 3. The highest BCUT2D eigenvalue weighted by molar-refractivity contribution is 7.14. The minimum absolute atomic E-state index is 0.410. The van der Waals surface area contributed by atoms with E-state index in [1.165, 1.54) is 11.3 Å². The second-order valence-electron chi connectivity index (χ2n) is 6.77. The molecule has 0 saturated heterocycles. The van der Waals surface area contributed by atoms with Crippen LogP contribution in [0.3, 0.4) is 0 Å². The van der Waals surface area contributed by atoms with Gasteiger partial charge < -0.3 is 9.30 Å². The Morgan fingerprint density at radius 1 is 1.48 bits per heavy atom. The molecule has 0 radical (unpaired) electrons. The summed E-state index contributed by atoms with van der Waals surface area (Å²) in [5.41, 5.74) is 1.32. The van der Waals surface area contributed by atoms with Gasteiger partial charge in [-0.15, -0.1) is 11.3 Å². The van der Waals surface area contributed by atoms with E-state index in [0.717, 1.165) is 12.8 Å². The third-order valence-corrected chi connectivity index (χ3v) is 4.19. The summed E-state index contributed by atoms with van der Waals surface area (Å²) >= 11 is 1.30. The molecule has 0 spiro atoms. The standard InChI is InChI=1S/C17H19N5O2S/c1-17(2,3)24-16(23)21-15-20-11(9-25-15)4-7-13-14(8-18)22(10-19-13)12-5-6-12/h4,7,9-10,12H,5-6H2,1-3H3,(H,20,21,23)/b7-4+. The first-order chi connectivity index (χ1) is 11.9. The highest BCUT2D eigenvalue weighted by Crippen LogP contribution is 2.36. The van der Waals surface area contributed by atoms with E-state index < -0.39 is 11.7 Å². The molecule has 8 heteroatoms. The summed E-state index contributed by atoms with van der Waals surface area (Å²) in [6.45, 7) is 5.41. The van der Waals surface area contributed by atoms with Crippen LogP contribution in [0.2, 0.25) is 0 Å². The van der Waals surface area contributed by atoms with Crippen LogP contribution in [0.5, 0.6) is 0 Å². The first-order valence-corrected chi connectivity index (χ1v) is 8.84. The van der Waals surface area contributed by atoms with E-state index in [2.05, 4.69) is 21.4 Å². The molecule has 7 nitrogen and oxygen atoms in total. The summed E-state index contributed by atoms with van der Waals surface area (Å²) in [7, 11) is 0. The van der Waals surface area contributed by atoms with E-state index in [1.54, 1.807) is 39.3 Å². The van der Waals surface area contributed by atoms with Crippen molar-refractivity contribution >= 4 is 34.7 Å². The number of rotatable bonds is 4. The lowest BCUT2D eigenvalue weighted by Crippen LogP contribution is -2.27. The van der Waals surface area contributed by atoms with E-state index >= 15 is 0 Å². The molecular formula is C17H19N5O2S. The van der Waals surface area contributed by atoms with Crippen LogP contribution >= 0.6 is 11.3 Å². The zero-order valence-electron chi connectivity index (χ0n) is 14.3. The van der Waals surface area contributed by atoms with Crippen molar-refractivity contribution in [2.75, 3.05) is 5.32 Å². The van der Waals surface area contributed by atoms with E-state index in [0.29, 0.717) is 28.3 Å². The van der Waals surface area contributed by atoms with Crippen molar-refractivity contribution in [3.8, 4) is 6.07 Å². The lowest BCUT2D eigenvalue weighted by molar-refractivity contribution is 0.0636. The number of anilines is 1. The first kappa shape index (κ1) is 17.2. The Morgan fingerprint density at radius 2 is 2.24 bits per heavy atom. The summed E-state index contributed by atoms with van der Waals surface area (Å²) in [4.78, 5) is 20.3. The molecule has 1 N–H and O–H groups in total. The summed E-state index contributed by atoms with van der Waals surface area (Å²) in [6, 6.07) is 2.62. The highest BCUT2D eigenvalue weighted by Gasteiger charge is 2.26. The number of nitrogens with one attached hydrogen (secondary N) is 1. The van der Waals surface area contributed by atoms with E-state index in [-0.39, 0.29) is 0 Å². The average molecular weight is 357 g/mol. The van der Waals surface area contributed by atoms with Crippen LogP contribution in [0.1, 0.15) is 56.7 Å². The minimum Gasteiger partial charge on any atom is -0.444 e. The van der Waals surface area contributed by atoms with Gasteiger partial charge in [0.1, 0.15) is 17.4 Å². The van der Waals surface area contributed by atoms with Crippen molar-refractivity contribution in [1.29, 1.82) is 5.26 Å². The van der Waals surface area contributed by atoms with Crippen LogP contribution in [-0.4, -0.2) is 26.2 Å². The number of imidazole rings is 1. The molecule has 130 valence electrons. The molecule has 1 amide bonds. The van der Waals surface area contributed by atoms with Crippen LogP contribution in [-0.2, 0) is 4.74 Å². The maximum atomic E-state index is 11.7. The van der Waals surface area contributed by atoms with Gasteiger partial charge in [-0.3, -0.25) is 5.32 Å². The molecule has 25 heavy (non-hydrogen) atoms. The molecule has 2 heterocycles. The maximum Gasteiger partial charge on any atom is 0.413 e. The Balaban J connectivity index is 1.66. The fourth-order valence-corrected chi connectivity index (χ4v) is 2.88. The molecule has 0 atom stereocenters. The zero-order valence-corrected chi connectivity index (χ0v) is 15.1. The quantitative estimate of drug-likeness (QED) is 0.890. The Labute approximate surface area is 150 Å². The van der Waals surface area contributed by atoms with Crippen LogP contribution < -0.4 is 5.32 Å². The van der Waals surface area contributed by atoms with Gasteiger partial charge in [-0.2, -0.15) is 5.26 Å². The van der Waals surface area contributed by atoms with Gasteiger partial charge in [-0.1, -0.05) is 0 Å². The fourth-order valence-electron chi connectivity index (χ4n) is 2.22. The molecule has 1 aliphatic carbocycles. The summed E-state index contributed by atoms with van der Waals surface area (Å²) in [5, 5.41) is 14.2. The molecule has 1 saturated carbocycles. The molecule has 2 aromatic heterocycles. The van der Waals surface area contributed by atoms with Gasteiger partial charge in [-0.25, -0.2) is 14.8 Å². The van der Waals surface area contributed by atoms with Gasteiger partial charge in [0.15, 0.2) is 5.13 Å². The number of hydrogen-bond donors (Lipinski definition) is 1. The van der Waals surface area contributed by atoms with Gasteiger partial charge >= 0.3 is 6.09 Å². The van der Waals surface area contributed by atoms with E-state index in [4.69, 9.17) is 4.74 Å². The van der Waals surface area contributed by atoms with Crippen molar-refractivity contribution in [1.82, 2.24) is 14.5 Å². The van der Waals surface area contributed by atoms with Crippen LogP contribution in [0.25, 0.3) is 12.2 Å². The Kier molecular flexibility index (Phi) is 4.59. The topological polar surface area (TPSA) is 92.8 Å². The zero-order chi connectivity index (χ0) is 18.0. The third kappa shape index (κ3) is 4.45. The molecule has 0 aliphatic heterocycles. The minimum atomic E-state index is -0.557. The highest BCUT2D eigenvalue weighted by atomic mass is 32.1. The van der Waals surface area contributed by atoms with Crippen molar-refractivity contribution in [3.63, 3.8) is 0 Å². The normalized spacial score (nSPS) is 14.5. The Bertz CT molecular complexity index is 849. The van der Waals surface area contributed by atoms with Crippen molar-refractivity contribution in [2.45, 2.75) is 45.3 Å². The van der Waals surface area contributed by atoms with Crippen molar-refractivity contribution < 1.29 is 9.53 Å². The second kappa shape index (κ2) is 6.69. The van der Waals surface area contributed by atoms with Crippen LogP contribution in [0.4, 0.5) is 9.93 Å². The van der Waals surface area contributed by atoms with Crippen LogP contribution in [0, 0.1) is 11.3 Å². The van der Waals surface area contributed by atoms with E-state index in [9.17, 15) is 10.1 Å². The van der Waals surface area contributed by atoms with Gasteiger partial charge in [-0.05, 0) is 45.8 Å². The van der Waals surface area contributed by atoms with Crippen LogP contribution in [0.15, 0.2) is 11.7 Å². The van der Waals surface area contributed by atoms with Gasteiger partial charge in [0.25, 0.3) is 0 Å². The second-order valence-corrected chi connectivity index (χ2v) is 7.62. The molecular weight excluding hydrogens is 338 g/mol. The summed E-state index contributed by atoms with van der Waals surface area (Å²) in [6.07, 6.45) is 6.92. The number of amides is 1. The summed E-state index contributed by atoms with van der Waals surface area (Å²) < 4.78 is 7.12. The number of thiazole rings is 1. The lowest BCUT2D eigenvalue weighted by atomic mass is 10.2. The number of carbonyl (C=O) groups is 1. The van der Waals surface area contributed by atoms with Gasteiger partial charge in [0.05, 0.1) is 17.7 Å². The average Bonchev–Trinajstić information content (AvgIpc) is 3.12. The molecule has 0 bridgehead atoms. The lowest BCUT2D eigenvalue weighted by Gasteiger charge is -2.18. The molecule has 2 aromatic rings. The SMILES string of the molecule is CC(C)(C)OC(=O)Nc1nc(/C=C/c2ncn(C3CC3)c2C#N)cs1. The van der Waals surface area contributed by atoms with Gasteiger partial charge in [0.2, 0.25) is 0 Å². The number of carbonyl (C=O) groups excluding carboxylic acids is 1. The predicted octanol–water partition coefficient (Wildman–Crippen LogP) is 4.06. The fraction of sp³-hybridized carbons (Fsp3) is 0.412. The molecule has 0 unspecified atom stereocenters. The first-order valence-electron chi connectivity index (χ1n) is 7.96. The number of nitrogens with zero attached hydrogens (tertiary/aromatic N) is 4. The maximum absolute atomic E-state index is 11.7. The predicted molar refractivity (Wildman–Crippen MR) is 96.1 cm³/mol. The number of nitriles is 1. The van der Waals surface area contributed by atoms with Crippen molar-refractivity contribution in [3.05, 3.63) is 28.8 Å². The summed E-state index contributed by atoms with van der Waals surface area (Å²) in [5.74, 6) is 0. The molecule has 0 aromatic carbocycles. The number of hydrogen-bond acceptors (Lipinski definition) is 6. The molecule has 1 fully saturated rings. The van der Waals surface area contributed by atoms with E-state index in [1.807, 2.05) is 9.95 Å². The molecule has 1 aliphatic rings.